The quantitative estimate of drug-likeness (QED) is 0.386. The van der Waals surface area contributed by atoms with Crippen molar-refractivity contribution in [2.24, 2.45) is 0 Å². The molecule has 1 aromatic heterocycles. The second-order valence-electron chi connectivity index (χ2n) is 7.91. The van der Waals surface area contributed by atoms with Crippen LogP contribution in [-0.2, 0) is 4.74 Å². The maximum atomic E-state index is 13.6. The second-order valence-corrected chi connectivity index (χ2v) is 8.92. The first-order valence-corrected chi connectivity index (χ1v) is 11.5. The minimum Gasteiger partial charge on any atom is -0.376 e. The van der Waals surface area contributed by atoms with Crippen molar-refractivity contribution in [1.29, 1.82) is 0 Å². The van der Waals surface area contributed by atoms with Crippen molar-refractivity contribution >= 4 is 32.6 Å². The van der Waals surface area contributed by atoms with Crippen LogP contribution in [0, 0.1) is 6.92 Å². The summed E-state index contributed by atoms with van der Waals surface area (Å²) in [7, 11) is 0. The summed E-state index contributed by atoms with van der Waals surface area (Å²) in [5.41, 5.74) is 4.98. The highest BCUT2D eigenvalue weighted by Crippen LogP contribution is 2.32. The molecule has 5 heteroatoms. The molecule has 0 radical (unpaired) electrons. The number of thiazole rings is 1. The van der Waals surface area contributed by atoms with Gasteiger partial charge in [-0.15, -0.1) is 0 Å². The van der Waals surface area contributed by atoms with E-state index in [-0.39, 0.29) is 12.0 Å². The number of ether oxygens (including phenoxy) is 1. The van der Waals surface area contributed by atoms with Gasteiger partial charge in [-0.25, -0.2) is 4.98 Å². The summed E-state index contributed by atoms with van der Waals surface area (Å²) in [5, 5.41) is 0.733. The van der Waals surface area contributed by atoms with Crippen LogP contribution in [0.25, 0.3) is 21.3 Å². The number of nitrogens with zero attached hydrogens (tertiary/aromatic N) is 2. The minimum absolute atomic E-state index is 0.0354. The van der Waals surface area contributed by atoms with E-state index in [1.54, 1.807) is 16.2 Å². The lowest BCUT2D eigenvalue weighted by molar-refractivity contribution is 0.0917. The van der Waals surface area contributed by atoms with E-state index >= 15 is 0 Å². The van der Waals surface area contributed by atoms with Gasteiger partial charge in [0.2, 0.25) is 0 Å². The highest BCUT2D eigenvalue weighted by Gasteiger charge is 2.27. The lowest BCUT2D eigenvalue weighted by Gasteiger charge is -2.23. The number of anilines is 1. The molecular weight excluding hydrogens is 404 g/mol. The number of aryl methyl sites for hydroxylation is 1. The third-order valence-electron chi connectivity index (χ3n) is 5.73. The number of hydrogen-bond acceptors (Lipinski definition) is 4. The number of carbonyl (C=O) groups excluding carboxylic acids is 1. The van der Waals surface area contributed by atoms with E-state index in [0.717, 1.165) is 51.5 Å². The van der Waals surface area contributed by atoms with E-state index < -0.39 is 0 Å². The molecule has 5 rings (SSSR count). The van der Waals surface area contributed by atoms with Crippen molar-refractivity contribution in [3.8, 4) is 11.1 Å². The van der Waals surface area contributed by atoms with Gasteiger partial charge >= 0.3 is 0 Å². The molecule has 1 amide bonds. The van der Waals surface area contributed by atoms with E-state index in [1.807, 2.05) is 48.5 Å². The molecule has 4 nitrogen and oxygen atoms in total. The van der Waals surface area contributed by atoms with Gasteiger partial charge in [-0.2, -0.15) is 0 Å². The normalized spacial score (nSPS) is 16.0. The van der Waals surface area contributed by atoms with Crippen LogP contribution in [0.5, 0.6) is 0 Å². The highest BCUT2D eigenvalue weighted by atomic mass is 32.1. The van der Waals surface area contributed by atoms with E-state index in [9.17, 15) is 4.79 Å². The predicted octanol–water partition coefficient (Wildman–Crippen LogP) is 6.10. The van der Waals surface area contributed by atoms with Gasteiger partial charge in [0.1, 0.15) is 0 Å². The monoisotopic (exact) mass is 428 g/mol. The summed E-state index contributed by atoms with van der Waals surface area (Å²) < 4.78 is 6.95. The Kier molecular flexibility index (Phi) is 5.53. The molecule has 3 aromatic carbocycles. The van der Waals surface area contributed by atoms with Gasteiger partial charge in [0, 0.05) is 12.2 Å². The van der Waals surface area contributed by atoms with E-state index in [2.05, 4.69) is 31.2 Å². The second kappa shape index (κ2) is 8.61. The molecule has 1 unspecified atom stereocenters. The van der Waals surface area contributed by atoms with Gasteiger partial charge in [0.25, 0.3) is 5.91 Å². The number of aromatic nitrogens is 1. The molecule has 0 saturated carbocycles. The molecule has 0 spiro atoms. The first-order chi connectivity index (χ1) is 15.2. The minimum atomic E-state index is -0.0354. The van der Waals surface area contributed by atoms with Crippen molar-refractivity contribution in [2.45, 2.75) is 25.9 Å². The number of para-hydroxylation sites is 1. The Morgan fingerprint density at radius 2 is 1.81 bits per heavy atom. The molecule has 2 heterocycles. The molecule has 156 valence electrons. The summed E-state index contributed by atoms with van der Waals surface area (Å²) in [6.07, 6.45) is 2.07. The van der Waals surface area contributed by atoms with Crippen molar-refractivity contribution in [2.75, 3.05) is 18.1 Å². The molecule has 1 fully saturated rings. The van der Waals surface area contributed by atoms with Gasteiger partial charge in [0.15, 0.2) is 5.13 Å². The fourth-order valence-corrected chi connectivity index (χ4v) is 5.07. The van der Waals surface area contributed by atoms with Crippen LogP contribution in [0.3, 0.4) is 0 Å². The van der Waals surface area contributed by atoms with Crippen molar-refractivity contribution in [1.82, 2.24) is 4.98 Å². The van der Waals surface area contributed by atoms with E-state index in [4.69, 9.17) is 9.72 Å². The van der Waals surface area contributed by atoms with Crippen LogP contribution in [-0.4, -0.2) is 30.1 Å². The van der Waals surface area contributed by atoms with E-state index in [0.29, 0.717) is 12.1 Å². The maximum Gasteiger partial charge on any atom is 0.260 e. The van der Waals surface area contributed by atoms with Gasteiger partial charge in [-0.3, -0.25) is 9.69 Å². The third-order valence-corrected chi connectivity index (χ3v) is 6.78. The molecule has 0 bridgehead atoms. The molecule has 1 saturated heterocycles. The number of rotatable bonds is 5. The first-order valence-electron chi connectivity index (χ1n) is 10.6. The number of amides is 1. The SMILES string of the molecule is Cc1cccc2sc(N(CC3CCCO3)C(=O)c3ccc(-c4ccccc4)cc3)nc12. The molecule has 1 atom stereocenters. The summed E-state index contributed by atoms with van der Waals surface area (Å²) in [4.78, 5) is 20.2. The molecule has 1 aliphatic heterocycles. The zero-order chi connectivity index (χ0) is 21.2. The Morgan fingerprint density at radius 3 is 2.52 bits per heavy atom. The van der Waals surface area contributed by atoms with E-state index in [1.165, 1.54) is 0 Å². The molecule has 31 heavy (non-hydrogen) atoms. The lowest BCUT2D eigenvalue weighted by Crippen LogP contribution is -2.37. The molecule has 4 aromatic rings. The topological polar surface area (TPSA) is 42.4 Å². The Balaban J connectivity index is 1.48. The third kappa shape index (κ3) is 4.11. The zero-order valence-electron chi connectivity index (χ0n) is 17.5. The van der Waals surface area contributed by atoms with Crippen LogP contribution in [0.15, 0.2) is 72.8 Å². The molecule has 0 N–H and O–H groups in total. The Morgan fingerprint density at radius 1 is 1.03 bits per heavy atom. The smallest absolute Gasteiger partial charge is 0.260 e. The van der Waals surface area contributed by atoms with Crippen molar-refractivity contribution < 1.29 is 9.53 Å². The van der Waals surface area contributed by atoms with Crippen LogP contribution in [0.4, 0.5) is 5.13 Å². The number of fused-ring (bicyclic) bond motifs is 1. The van der Waals surface area contributed by atoms with Gasteiger partial charge in [-0.1, -0.05) is 65.9 Å². The number of carbonyl (C=O) groups is 1. The van der Waals surface area contributed by atoms with Gasteiger partial charge < -0.3 is 4.74 Å². The Labute approximate surface area is 186 Å². The van der Waals surface area contributed by atoms with Crippen molar-refractivity contribution in [3.05, 3.63) is 83.9 Å². The molecule has 1 aliphatic rings. The van der Waals surface area contributed by atoms with Gasteiger partial charge in [-0.05, 0) is 54.7 Å². The summed E-state index contributed by atoms with van der Waals surface area (Å²) >= 11 is 1.56. The zero-order valence-corrected chi connectivity index (χ0v) is 18.3. The fraction of sp³-hybridized carbons (Fsp3) is 0.231. The first kappa shape index (κ1) is 19.9. The van der Waals surface area contributed by atoms with Gasteiger partial charge in [0.05, 0.1) is 22.9 Å². The highest BCUT2D eigenvalue weighted by molar-refractivity contribution is 7.22. The van der Waals surface area contributed by atoms with Crippen LogP contribution in [0.2, 0.25) is 0 Å². The summed E-state index contributed by atoms with van der Waals surface area (Å²) in [5.74, 6) is -0.0354. The predicted molar refractivity (Wildman–Crippen MR) is 127 cm³/mol. The Bertz CT molecular complexity index is 1200. The van der Waals surface area contributed by atoms with Crippen LogP contribution < -0.4 is 4.90 Å². The Hall–Kier alpha value is -3.02. The standard InChI is InChI=1S/C26H24N2O2S/c1-18-7-5-11-23-24(18)27-26(31-23)28(17-22-10-6-16-30-22)25(29)21-14-12-20(13-15-21)19-8-3-2-4-9-19/h2-5,7-9,11-15,22H,6,10,16-17H2,1H3. The average Bonchev–Trinajstić information content (AvgIpc) is 3.48. The molecular formula is C26H24N2O2S. The summed E-state index contributed by atoms with van der Waals surface area (Å²) in [6.45, 7) is 3.34. The molecule has 0 aliphatic carbocycles. The van der Waals surface area contributed by atoms with Crippen LogP contribution >= 0.6 is 11.3 Å². The summed E-state index contributed by atoms with van der Waals surface area (Å²) in [6, 6.07) is 24.2. The maximum absolute atomic E-state index is 13.6. The lowest BCUT2D eigenvalue weighted by atomic mass is 10.0. The van der Waals surface area contributed by atoms with Crippen LogP contribution in [0.1, 0.15) is 28.8 Å². The number of benzene rings is 3. The number of hydrogen-bond donors (Lipinski definition) is 0. The fourth-order valence-electron chi connectivity index (χ4n) is 4.02. The largest absolute Gasteiger partial charge is 0.376 e. The van der Waals surface area contributed by atoms with Crippen molar-refractivity contribution in [3.63, 3.8) is 0 Å². The average molecular weight is 429 g/mol.